The van der Waals surface area contributed by atoms with Crippen LogP contribution in [0.1, 0.15) is 23.6 Å². The Labute approximate surface area is 200 Å². The fraction of sp³-hybridized carbons (Fsp3) is 0.160. The number of anilines is 2. The molecule has 0 aliphatic carbocycles. The summed E-state index contributed by atoms with van der Waals surface area (Å²) in [6.45, 7) is 0.901. The van der Waals surface area contributed by atoms with Gasteiger partial charge in [-0.1, -0.05) is 42.5 Å². The summed E-state index contributed by atoms with van der Waals surface area (Å²) in [5.74, 6) is -7.27. The van der Waals surface area contributed by atoms with E-state index in [0.29, 0.717) is 16.8 Å². The third kappa shape index (κ3) is 5.61. The van der Waals surface area contributed by atoms with Gasteiger partial charge in [-0.25, -0.2) is 8.78 Å². The molecule has 0 aromatic heterocycles. The lowest BCUT2D eigenvalue weighted by Gasteiger charge is -2.31. The highest BCUT2D eigenvalue weighted by Gasteiger charge is 2.49. The summed E-state index contributed by atoms with van der Waals surface area (Å²) in [4.78, 5) is 25.1. The van der Waals surface area contributed by atoms with Gasteiger partial charge in [-0.05, 0) is 29.8 Å². The van der Waals surface area contributed by atoms with E-state index in [4.69, 9.17) is 20.6 Å². The van der Waals surface area contributed by atoms with Crippen molar-refractivity contribution in [3.8, 4) is 0 Å². The summed E-state index contributed by atoms with van der Waals surface area (Å²) >= 11 is 0. The molecule has 10 heteroatoms. The number of nitrogens with two attached hydrogens (primary N) is 1. The second-order valence-electron chi connectivity index (χ2n) is 7.48. The number of benzene rings is 3. The Kier molecular flexibility index (Phi) is 7.77. The molecule has 0 fully saturated rings. The van der Waals surface area contributed by atoms with Crippen LogP contribution in [0.4, 0.5) is 20.2 Å². The number of hydrogen-bond acceptors (Lipinski definition) is 6. The predicted molar refractivity (Wildman–Crippen MR) is 126 cm³/mol. The Morgan fingerprint density at radius 2 is 1.69 bits per heavy atom. The second-order valence-corrected chi connectivity index (χ2v) is 7.48. The van der Waals surface area contributed by atoms with E-state index in [1.807, 2.05) is 0 Å². The molecule has 8 nitrogen and oxygen atoms in total. The lowest BCUT2D eigenvalue weighted by atomic mass is 10.0. The molecule has 3 rings (SSSR count). The maximum atomic E-state index is 15.6. The van der Waals surface area contributed by atoms with Gasteiger partial charge in [-0.3, -0.25) is 15.0 Å². The third-order valence-electron chi connectivity index (χ3n) is 5.06. The van der Waals surface area contributed by atoms with E-state index in [1.54, 1.807) is 54.6 Å². The van der Waals surface area contributed by atoms with Gasteiger partial charge in [-0.15, -0.1) is 0 Å². The number of nitrogens with one attached hydrogen (secondary N) is 3. The molecule has 0 aliphatic heterocycles. The van der Waals surface area contributed by atoms with Gasteiger partial charge in [-0.2, -0.15) is 0 Å². The average molecular weight is 482 g/mol. The number of esters is 1. The van der Waals surface area contributed by atoms with Gasteiger partial charge in [0.25, 0.3) is 5.91 Å². The molecule has 182 valence electrons. The number of nitrogen functional groups attached to an aromatic ring is 1. The van der Waals surface area contributed by atoms with Crippen LogP contribution in [-0.2, 0) is 31.4 Å². The maximum Gasteiger partial charge on any atom is 0.326 e. The van der Waals surface area contributed by atoms with Gasteiger partial charge < -0.3 is 25.8 Å². The standard InChI is InChI=1S/C25H24F2N4O4/c1-15(32)35-25(34-2,24(33)30-14-16-8-10-17(11-9-16)23(28)29)21-19(26)12-13-20(22(21)27)31-18-6-4-3-5-7-18/h3-13,31H,14H2,1-2H3,(H3,28,29)(H,30,33)/t25-/m0/s1. The Balaban J connectivity index is 1.98. The van der Waals surface area contributed by atoms with Crippen LogP contribution in [0.3, 0.4) is 0 Å². The van der Waals surface area contributed by atoms with Gasteiger partial charge in [0.15, 0.2) is 5.82 Å². The topological polar surface area (TPSA) is 127 Å². The first-order valence-corrected chi connectivity index (χ1v) is 10.4. The monoisotopic (exact) mass is 482 g/mol. The van der Waals surface area contributed by atoms with Gasteiger partial charge in [0.1, 0.15) is 17.2 Å². The highest BCUT2D eigenvalue weighted by Crippen LogP contribution is 2.36. The quantitative estimate of drug-likeness (QED) is 0.160. The molecule has 0 aliphatic rings. The molecular weight excluding hydrogens is 458 g/mol. The molecule has 0 radical (unpaired) electrons. The number of halogens is 2. The van der Waals surface area contributed by atoms with Crippen molar-refractivity contribution in [3.05, 3.63) is 95.1 Å². The summed E-state index contributed by atoms with van der Waals surface area (Å²) < 4.78 is 40.9. The van der Waals surface area contributed by atoms with Gasteiger partial charge >= 0.3 is 11.8 Å². The number of hydrogen-bond donors (Lipinski definition) is 4. The van der Waals surface area contributed by atoms with E-state index in [1.165, 1.54) is 0 Å². The van der Waals surface area contributed by atoms with E-state index in [9.17, 15) is 14.0 Å². The molecule has 5 N–H and O–H groups in total. The number of amidine groups is 1. The fourth-order valence-corrected chi connectivity index (χ4v) is 3.38. The summed E-state index contributed by atoms with van der Waals surface area (Å²) in [6.07, 6.45) is 0. The molecule has 3 aromatic rings. The minimum absolute atomic E-state index is 0.0887. The zero-order valence-corrected chi connectivity index (χ0v) is 19.0. The largest absolute Gasteiger partial charge is 0.419 e. The summed E-state index contributed by atoms with van der Waals surface area (Å²) in [5, 5.41) is 12.7. The average Bonchev–Trinajstić information content (AvgIpc) is 2.84. The summed E-state index contributed by atoms with van der Waals surface area (Å²) in [7, 11) is 1.00. The molecule has 0 unspecified atom stereocenters. The first kappa shape index (κ1) is 25.3. The van der Waals surface area contributed by atoms with Crippen molar-refractivity contribution >= 4 is 29.1 Å². The van der Waals surface area contributed by atoms with Crippen LogP contribution < -0.4 is 16.4 Å². The number of carbonyl (C=O) groups is 2. The molecule has 0 saturated heterocycles. The molecule has 3 aromatic carbocycles. The van der Waals surface area contributed by atoms with E-state index in [2.05, 4.69) is 10.6 Å². The van der Waals surface area contributed by atoms with E-state index in [-0.39, 0.29) is 18.1 Å². The Hall–Kier alpha value is -4.31. The van der Waals surface area contributed by atoms with Crippen LogP contribution in [0, 0.1) is 17.0 Å². The van der Waals surface area contributed by atoms with Crippen LogP contribution in [0.25, 0.3) is 0 Å². The van der Waals surface area contributed by atoms with Crippen LogP contribution in [-0.4, -0.2) is 24.8 Å². The third-order valence-corrected chi connectivity index (χ3v) is 5.06. The smallest absolute Gasteiger partial charge is 0.326 e. The highest BCUT2D eigenvalue weighted by molar-refractivity contribution is 5.95. The van der Waals surface area contributed by atoms with Crippen molar-refractivity contribution in [1.82, 2.24) is 5.32 Å². The van der Waals surface area contributed by atoms with Crippen molar-refractivity contribution in [2.45, 2.75) is 19.3 Å². The highest BCUT2D eigenvalue weighted by atomic mass is 19.1. The normalized spacial score (nSPS) is 12.3. The van der Waals surface area contributed by atoms with Crippen LogP contribution >= 0.6 is 0 Å². The second kappa shape index (κ2) is 10.7. The van der Waals surface area contributed by atoms with Crippen molar-refractivity contribution in [3.63, 3.8) is 0 Å². The SMILES string of the molecule is CO[C@@](OC(C)=O)(C(=O)NCc1ccc(C(=N)N)cc1)c1c(F)ccc(Nc2ccccc2)c1F. The lowest BCUT2D eigenvalue weighted by molar-refractivity contribution is -0.226. The molecule has 0 heterocycles. The fourth-order valence-electron chi connectivity index (χ4n) is 3.38. The summed E-state index contributed by atoms with van der Waals surface area (Å²) in [6, 6.07) is 17.0. The molecular formula is C25H24F2N4O4. The molecule has 35 heavy (non-hydrogen) atoms. The van der Waals surface area contributed by atoms with E-state index >= 15 is 4.39 Å². The first-order valence-electron chi connectivity index (χ1n) is 10.4. The molecule has 1 amide bonds. The van der Waals surface area contributed by atoms with Gasteiger partial charge in [0, 0.05) is 31.8 Å². The number of ether oxygens (including phenoxy) is 2. The predicted octanol–water partition coefficient (Wildman–Crippen LogP) is 3.67. The zero-order chi connectivity index (χ0) is 25.6. The first-order chi connectivity index (χ1) is 16.7. The zero-order valence-electron chi connectivity index (χ0n) is 19.0. The number of amides is 1. The van der Waals surface area contributed by atoms with Crippen LogP contribution in [0.2, 0.25) is 0 Å². The van der Waals surface area contributed by atoms with Crippen molar-refractivity contribution in [1.29, 1.82) is 5.41 Å². The minimum Gasteiger partial charge on any atom is -0.419 e. The van der Waals surface area contributed by atoms with Crippen molar-refractivity contribution < 1.29 is 27.8 Å². The maximum absolute atomic E-state index is 15.6. The number of carbonyl (C=O) groups excluding carboxylic acids is 2. The van der Waals surface area contributed by atoms with E-state index in [0.717, 1.165) is 26.2 Å². The molecule has 0 spiro atoms. The Bertz CT molecular complexity index is 1240. The number of methoxy groups -OCH3 is 1. The van der Waals surface area contributed by atoms with Crippen LogP contribution in [0.15, 0.2) is 66.7 Å². The Morgan fingerprint density at radius 1 is 1.03 bits per heavy atom. The van der Waals surface area contributed by atoms with Gasteiger partial charge in [0.05, 0.1) is 5.69 Å². The summed E-state index contributed by atoms with van der Waals surface area (Å²) in [5.41, 5.74) is 5.98. The molecule has 0 bridgehead atoms. The number of rotatable bonds is 9. The van der Waals surface area contributed by atoms with Crippen molar-refractivity contribution in [2.24, 2.45) is 5.73 Å². The molecule has 1 atom stereocenters. The Morgan fingerprint density at radius 3 is 2.26 bits per heavy atom. The van der Waals surface area contributed by atoms with Gasteiger partial charge in [0.2, 0.25) is 0 Å². The van der Waals surface area contributed by atoms with Crippen LogP contribution in [0.5, 0.6) is 0 Å². The van der Waals surface area contributed by atoms with E-state index < -0.39 is 34.9 Å². The lowest BCUT2D eigenvalue weighted by Crippen LogP contribution is -2.49. The number of para-hydroxylation sites is 1. The molecule has 0 saturated carbocycles. The van der Waals surface area contributed by atoms with Crippen molar-refractivity contribution in [2.75, 3.05) is 12.4 Å². The minimum atomic E-state index is -2.74.